The second kappa shape index (κ2) is 7.65. The molecule has 1 amide bonds. The van der Waals surface area contributed by atoms with Gasteiger partial charge in [0.2, 0.25) is 11.1 Å². The Balaban J connectivity index is 1.49. The first-order valence-corrected chi connectivity index (χ1v) is 9.79. The number of nitrogens with one attached hydrogen (secondary N) is 2. The third kappa shape index (κ3) is 3.74. The van der Waals surface area contributed by atoms with Crippen LogP contribution < -0.4 is 10.1 Å². The van der Waals surface area contributed by atoms with Crippen LogP contribution in [-0.2, 0) is 4.79 Å². The molecule has 4 aromatic rings. The number of benzene rings is 2. The van der Waals surface area contributed by atoms with Crippen LogP contribution >= 0.6 is 23.4 Å². The molecule has 0 unspecified atom stereocenters. The van der Waals surface area contributed by atoms with Crippen molar-refractivity contribution in [2.24, 2.45) is 0 Å². The van der Waals surface area contributed by atoms with Gasteiger partial charge in [0.1, 0.15) is 11.3 Å². The number of H-pyrrole nitrogens is 1. The zero-order valence-electron chi connectivity index (χ0n) is 15.1. The molecule has 7 nitrogen and oxygen atoms in total. The van der Waals surface area contributed by atoms with Crippen LogP contribution in [0.1, 0.15) is 5.56 Å². The predicted octanol–water partition coefficient (Wildman–Crippen LogP) is 4.21. The number of methoxy groups -OCH3 is 1. The third-order valence-corrected chi connectivity index (χ3v) is 5.19. The molecule has 0 bridgehead atoms. The number of carbonyl (C=O) groups excluding carboxylic acids is 1. The van der Waals surface area contributed by atoms with E-state index in [-0.39, 0.29) is 11.7 Å². The first kappa shape index (κ1) is 18.5. The Kier molecular flexibility index (Phi) is 5.06. The highest BCUT2D eigenvalue weighted by atomic mass is 35.5. The lowest BCUT2D eigenvalue weighted by atomic mass is 10.2. The zero-order valence-corrected chi connectivity index (χ0v) is 16.7. The van der Waals surface area contributed by atoms with Crippen molar-refractivity contribution >= 4 is 57.0 Å². The van der Waals surface area contributed by atoms with Crippen LogP contribution in [0.3, 0.4) is 0 Å². The number of carbonyl (C=O) groups is 1. The van der Waals surface area contributed by atoms with Crippen molar-refractivity contribution in [3.05, 3.63) is 47.0 Å². The number of anilines is 1. The molecule has 0 spiro atoms. The molecule has 2 aromatic carbocycles. The normalized spacial score (nSPS) is 11.1. The molecule has 0 saturated carbocycles. The van der Waals surface area contributed by atoms with Gasteiger partial charge in [-0.3, -0.25) is 4.79 Å². The molecule has 2 aromatic heterocycles. The summed E-state index contributed by atoms with van der Waals surface area (Å²) in [6.07, 6.45) is 0. The fraction of sp³-hybridized carbons (Fsp3) is 0.158. The van der Waals surface area contributed by atoms with Gasteiger partial charge < -0.3 is 15.0 Å². The lowest BCUT2D eigenvalue weighted by Gasteiger charge is -2.10. The molecule has 28 heavy (non-hydrogen) atoms. The number of rotatable bonds is 5. The summed E-state index contributed by atoms with van der Waals surface area (Å²) in [7, 11) is 1.53. The van der Waals surface area contributed by atoms with Crippen LogP contribution in [-0.4, -0.2) is 38.9 Å². The van der Waals surface area contributed by atoms with E-state index in [0.29, 0.717) is 27.3 Å². The van der Waals surface area contributed by atoms with Crippen LogP contribution in [0.5, 0.6) is 5.75 Å². The summed E-state index contributed by atoms with van der Waals surface area (Å²) in [5.41, 5.74) is 3.98. The van der Waals surface area contributed by atoms with Crippen molar-refractivity contribution in [1.82, 2.24) is 20.2 Å². The van der Waals surface area contributed by atoms with E-state index in [1.807, 2.05) is 25.1 Å². The van der Waals surface area contributed by atoms with Gasteiger partial charge in [-0.25, -0.2) is 4.98 Å². The van der Waals surface area contributed by atoms with Crippen molar-refractivity contribution in [1.29, 1.82) is 0 Å². The summed E-state index contributed by atoms with van der Waals surface area (Å²) < 4.78 is 5.23. The number of hydrogen-bond donors (Lipinski definition) is 2. The molecule has 2 heterocycles. The molecule has 0 fully saturated rings. The molecule has 2 N–H and O–H groups in total. The second-order valence-electron chi connectivity index (χ2n) is 6.15. The van der Waals surface area contributed by atoms with E-state index in [1.165, 1.54) is 18.9 Å². The fourth-order valence-corrected chi connectivity index (χ4v) is 3.58. The number of aryl methyl sites for hydroxylation is 1. The van der Waals surface area contributed by atoms with Crippen LogP contribution in [0, 0.1) is 6.92 Å². The maximum Gasteiger partial charge on any atom is 0.234 e. The van der Waals surface area contributed by atoms with E-state index in [9.17, 15) is 4.79 Å². The number of amides is 1. The number of aromatic nitrogens is 4. The molecule has 4 rings (SSSR count). The fourth-order valence-electron chi connectivity index (χ4n) is 2.83. The zero-order chi connectivity index (χ0) is 19.7. The van der Waals surface area contributed by atoms with Gasteiger partial charge in [-0.15, -0.1) is 10.2 Å². The SMILES string of the molecule is COc1ccc(Cl)cc1NC(=O)CSc1nnc2c(n1)[nH]c1ccc(C)cc12. The van der Waals surface area contributed by atoms with Crippen molar-refractivity contribution in [2.75, 3.05) is 18.2 Å². The summed E-state index contributed by atoms with van der Waals surface area (Å²) in [4.78, 5) is 20.0. The Bertz CT molecular complexity index is 1190. The Morgan fingerprint density at radius 3 is 2.93 bits per heavy atom. The number of hydrogen-bond acceptors (Lipinski definition) is 6. The van der Waals surface area contributed by atoms with E-state index < -0.39 is 0 Å². The summed E-state index contributed by atoms with van der Waals surface area (Å²) >= 11 is 7.19. The van der Waals surface area contributed by atoms with Gasteiger partial charge in [-0.2, -0.15) is 0 Å². The molecule has 142 valence electrons. The van der Waals surface area contributed by atoms with Crippen molar-refractivity contribution in [3.63, 3.8) is 0 Å². The van der Waals surface area contributed by atoms with Gasteiger partial charge in [0.05, 0.1) is 18.6 Å². The van der Waals surface area contributed by atoms with Gasteiger partial charge >= 0.3 is 0 Å². The molecule has 0 radical (unpaired) electrons. The Morgan fingerprint density at radius 2 is 2.11 bits per heavy atom. The topological polar surface area (TPSA) is 92.8 Å². The standard InChI is InChI=1S/C19H16ClN5O2S/c1-10-3-5-13-12(7-10)17-18(22-13)23-19(25-24-17)28-9-16(26)21-14-8-11(20)4-6-15(14)27-2/h3-8H,9H2,1-2H3,(H,21,26)(H,22,23,25). The highest BCUT2D eigenvalue weighted by Gasteiger charge is 2.13. The van der Waals surface area contributed by atoms with Gasteiger partial charge in [-0.1, -0.05) is 35.0 Å². The number of fused-ring (bicyclic) bond motifs is 3. The van der Waals surface area contributed by atoms with Gasteiger partial charge in [0.15, 0.2) is 5.65 Å². The molecule has 0 aliphatic heterocycles. The van der Waals surface area contributed by atoms with Crippen LogP contribution in [0.15, 0.2) is 41.6 Å². The van der Waals surface area contributed by atoms with E-state index in [4.69, 9.17) is 16.3 Å². The lowest BCUT2D eigenvalue weighted by molar-refractivity contribution is -0.113. The van der Waals surface area contributed by atoms with Gasteiger partial charge in [-0.05, 0) is 37.3 Å². The molecule has 0 atom stereocenters. The largest absolute Gasteiger partial charge is 0.495 e. The summed E-state index contributed by atoms with van der Waals surface area (Å²) in [6, 6.07) is 11.1. The first-order chi connectivity index (χ1) is 13.5. The highest BCUT2D eigenvalue weighted by molar-refractivity contribution is 7.99. The van der Waals surface area contributed by atoms with E-state index in [0.717, 1.165) is 22.0 Å². The van der Waals surface area contributed by atoms with Gasteiger partial charge in [0, 0.05) is 15.9 Å². The van der Waals surface area contributed by atoms with Crippen molar-refractivity contribution < 1.29 is 9.53 Å². The van der Waals surface area contributed by atoms with E-state index in [2.05, 4.69) is 25.5 Å². The van der Waals surface area contributed by atoms with Crippen LogP contribution in [0.4, 0.5) is 5.69 Å². The molecular formula is C19H16ClN5O2S. The van der Waals surface area contributed by atoms with E-state index >= 15 is 0 Å². The van der Waals surface area contributed by atoms with Crippen LogP contribution in [0.2, 0.25) is 5.02 Å². The minimum Gasteiger partial charge on any atom is -0.495 e. The van der Waals surface area contributed by atoms with Crippen molar-refractivity contribution in [2.45, 2.75) is 12.1 Å². The molecular weight excluding hydrogens is 398 g/mol. The van der Waals surface area contributed by atoms with E-state index in [1.54, 1.807) is 18.2 Å². The lowest BCUT2D eigenvalue weighted by Crippen LogP contribution is -2.15. The number of nitrogens with zero attached hydrogens (tertiary/aromatic N) is 3. The first-order valence-electron chi connectivity index (χ1n) is 8.42. The Hall–Kier alpha value is -2.84. The molecule has 9 heteroatoms. The number of aromatic amines is 1. The predicted molar refractivity (Wildman–Crippen MR) is 111 cm³/mol. The van der Waals surface area contributed by atoms with Crippen molar-refractivity contribution in [3.8, 4) is 5.75 Å². The Labute approximate surface area is 169 Å². The molecule has 0 aliphatic carbocycles. The second-order valence-corrected chi connectivity index (χ2v) is 7.53. The third-order valence-electron chi connectivity index (χ3n) is 4.12. The number of ether oxygens (including phenoxy) is 1. The smallest absolute Gasteiger partial charge is 0.234 e. The molecule has 0 saturated heterocycles. The highest BCUT2D eigenvalue weighted by Crippen LogP contribution is 2.28. The average molecular weight is 414 g/mol. The molecule has 0 aliphatic rings. The minimum atomic E-state index is -0.221. The monoisotopic (exact) mass is 413 g/mol. The number of halogens is 1. The quantitative estimate of drug-likeness (QED) is 0.476. The maximum atomic E-state index is 12.3. The number of thioether (sulfide) groups is 1. The Morgan fingerprint density at radius 1 is 1.25 bits per heavy atom. The summed E-state index contributed by atoms with van der Waals surface area (Å²) in [5.74, 6) is 0.444. The maximum absolute atomic E-state index is 12.3. The summed E-state index contributed by atoms with van der Waals surface area (Å²) in [6.45, 7) is 2.02. The minimum absolute atomic E-state index is 0.127. The van der Waals surface area contributed by atoms with Gasteiger partial charge in [0.25, 0.3) is 0 Å². The average Bonchev–Trinajstić information content (AvgIpc) is 3.03. The van der Waals surface area contributed by atoms with Crippen LogP contribution in [0.25, 0.3) is 22.1 Å². The summed E-state index contributed by atoms with van der Waals surface area (Å²) in [5, 5.41) is 13.1.